The third-order valence-corrected chi connectivity index (χ3v) is 9.20. The summed E-state index contributed by atoms with van der Waals surface area (Å²) >= 11 is 0. The fourth-order valence-corrected chi connectivity index (χ4v) is 8.04. The quantitative estimate of drug-likeness (QED) is 0.681. The van der Waals surface area contributed by atoms with E-state index in [0.717, 1.165) is 0 Å². The van der Waals surface area contributed by atoms with E-state index in [0.29, 0.717) is 12.8 Å². The van der Waals surface area contributed by atoms with Gasteiger partial charge in [-0.05, 0) is 36.5 Å². The number of carbonyl (C=O) groups is 3. The fraction of sp³-hybridized carbons (Fsp3) is 0.870. The Labute approximate surface area is 177 Å². The number of carbonyl (C=O) groups excluding carboxylic acids is 3. The van der Waals surface area contributed by atoms with E-state index in [-0.39, 0.29) is 47.9 Å². The molecule has 168 valence electrons. The van der Waals surface area contributed by atoms with Gasteiger partial charge in [-0.15, -0.1) is 0 Å². The van der Waals surface area contributed by atoms with Crippen molar-refractivity contribution >= 4 is 17.7 Å². The summed E-state index contributed by atoms with van der Waals surface area (Å²) in [5.74, 6) is -1.37. The first-order valence-electron chi connectivity index (χ1n) is 11.1. The highest BCUT2D eigenvalue weighted by Crippen LogP contribution is 2.68. The van der Waals surface area contributed by atoms with Crippen molar-refractivity contribution in [2.24, 2.45) is 40.4 Å². The lowest BCUT2D eigenvalue weighted by Gasteiger charge is -2.69. The predicted octanol–water partition coefficient (Wildman–Crippen LogP) is 2.13. The van der Waals surface area contributed by atoms with Crippen LogP contribution in [0.4, 0.5) is 0 Å². The molecule has 7 heteroatoms. The third kappa shape index (κ3) is 2.67. The van der Waals surface area contributed by atoms with E-state index >= 15 is 0 Å². The van der Waals surface area contributed by atoms with Gasteiger partial charge in [-0.25, -0.2) is 0 Å². The van der Waals surface area contributed by atoms with Gasteiger partial charge in [0.15, 0.2) is 5.78 Å². The molecule has 7 nitrogen and oxygen atoms in total. The van der Waals surface area contributed by atoms with Crippen molar-refractivity contribution < 1.29 is 33.7 Å². The number of hydrogen-bond acceptors (Lipinski definition) is 7. The molecular weight excluding hydrogens is 388 g/mol. The van der Waals surface area contributed by atoms with E-state index in [4.69, 9.17) is 14.2 Å². The smallest absolute Gasteiger partial charge is 0.306 e. The highest BCUT2D eigenvalue weighted by atomic mass is 16.6. The molecule has 11 atom stereocenters. The van der Waals surface area contributed by atoms with Gasteiger partial charge in [0.05, 0.1) is 6.10 Å². The van der Waals surface area contributed by atoms with E-state index in [1.54, 1.807) is 7.11 Å². The number of ketones is 1. The van der Waals surface area contributed by atoms with Gasteiger partial charge in [0.1, 0.15) is 18.3 Å². The van der Waals surface area contributed by atoms with Gasteiger partial charge in [-0.3, -0.25) is 14.4 Å². The number of rotatable bonds is 2. The molecule has 4 aliphatic rings. The molecule has 0 aromatic rings. The monoisotopic (exact) mass is 422 g/mol. The minimum absolute atomic E-state index is 0.0582. The van der Waals surface area contributed by atoms with Crippen LogP contribution in [-0.2, 0) is 28.6 Å². The Bertz CT molecular complexity index is 765. The molecule has 1 aliphatic heterocycles. The molecule has 0 spiro atoms. The summed E-state index contributed by atoms with van der Waals surface area (Å²) in [7, 11) is 1.59. The molecule has 0 aromatic carbocycles. The van der Waals surface area contributed by atoms with Gasteiger partial charge in [0.2, 0.25) is 0 Å². The lowest BCUT2D eigenvalue weighted by molar-refractivity contribution is -0.288. The van der Waals surface area contributed by atoms with Crippen LogP contribution in [0.2, 0.25) is 0 Å². The van der Waals surface area contributed by atoms with E-state index in [1.807, 2.05) is 20.8 Å². The molecule has 0 bridgehead atoms. The van der Waals surface area contributed by atoms with Crippen LogP contribution >= 0.6 is 0 Å². The number of ether oxygens (including phenoxy) is 3. The Balaban J connectivity index is 1.95. The largest absolute Gasteiger partial charge is 0.462 e. The summed E-state index contributed by atoms with van der Waals surface area (Å²) in [5, 5.41) is 10.6. The average molecular weight is 423 g/mol. The van der Waals surface area contributed by atoms with E-state index in [9.17, 15) is 19.5 Å². The maximum Gasteiger partial charge on any atom is 0.306 e. The maximum absolute atomic E-state index is 13.6. The van der Waals surface area contributed by atoms with Crippen molar-refractivity contribution in [3.63, 3.8) is 0 Å². The van der Waals surface area contributed by atoms with Gasteiger partial charge in [-0.2, -0.15) is 0 Å². The van der Waals surface area contributed by atoms with E-state index < -0.39 is 41.0 Å². The van der Waals surface area contributed by atoms with Crippen molar-refractivity contribution in [2.45, 2.75) is 78.3 Å². The fourth-order valence-electron chi connectivity index (χ4n) is 8.04. The van der Waals surface area contributed by atoms with Crippen LogP contribution < -0.4 is 0 Å². The topological polar surface area (TPSA) is 99.1 Å². The SMILES string of the molecule is CO[C@H]1[C@H](C)[C@H]2CC(=O)O[C@H]3C[C@H]4[C@@H](C)C[C@@H](O)C(=O)[C@@]4(C)[C@@H]([C@@H]1OC(C)=O)[C@]32C. The van der Waals surface area contributed by atoms with Gasteiger partial charge >= 0.3 is 11.9 Å². The molecule has 1 heterocycles. The zero-order chi connectivity index (χ0) is 22.2. The van der Waals surface area contributed by atoms with Crippen molar-refractivity contribution in [3.05, 3.63) is 0 Å². The van der Waals surface area contributed by atoms with Crippen LogP contribution in [0.1, 0.15) is 53.9 Å². The van der Waals surface area contributed by atoms with Gasteiger partial charge in [0.25, 0.3) is 0 Å². The Morgan fingerprint density at radius 2 is 1.80 bits per heavy atom. The number of hydrogen-bond donors (Lipinski definition) is 1. The van der Waals surface area contributed by atoms with Gasteiger partial charge in [-0.1, -0.05) is 27.7 Å². The minimum atomic E-state index is -1.04. The average Bonchev–Trinajstić information content (AvgIpc) is 2.64. The Hall–Kier alpha value is -1.47. The molecule has 0 amide bonds. The Morgan fingerprint density at radius 1 is 1.13 bits per heavy atom. The van der Waals surface area contributed by atoms with Gasteiger partial charge < -0.3 is 19.3 Å². The first kappa shape index (κ1) is 21.8. The van der Waals surface area contributed by atoms with Gasteiger partial charge in [0, 0.05) is 37.2 Å². The summed E-state index contributed by atoms with van der Waals surface area (Å²) in [6.07, 6.45) is -1.25. The molecule has 4 rings (SSSR count). The summed E-state index contributed by atoms with van der Waals surface area (Å²) < 4.78 is 17.6. The molecule has 0 aromatic heterocycles. The van der Waals surface area contributed by atoms with Crippen molar-refractivity contribution in [3.8, 4) is 0 Å². The predicted molar refractivity (Wildman–Crippen MR) is 106 cm³/mol. The second-order valence-electron chi connectivity index (χ2n) is 10.5. The zero-order valence-corrected chi connectivity index (χ0v) is 18.7. The summed E-state index contributed by atoms with van der Waals surface area (Å²) in [4.78, 5) is 38.3. The maximum atomic E-state index is 13.6. The minimum Gasteiger partial charge on any atom is -0.462 e. The lowest BCUT2D eigenvalue weighted by Crippen LogP contribution is -2.75. The van der Waals surface area contributed by atoms with Crippen LogP contribution in [0.5, 0.6) is 0 Å². The van der Waals surface area contributed by atoms with Crippen molar-refractivity contribution in [2.75, 3.05) is 7.11 Å². The summed E-state index contributed by atoms with van der Waals surface area (Å²) in [5.41, 5.74) is -1.46. The van der Waals surface area contributed by atoms with Crippen LogP contribution in [0.15, 0.2) is 0 Å². The third-order valence-electron chi connectivity index (χ3n) is 9.20. The van der Waals surface area contributed by atoms with E-state index in [2.05, 4.69) is 6.92 Å². The van der Waals surface area contributed by atoms with Crippen molar-refractivity contribution in [1.82, 2.24) is 0 Å². The first-order valence-corrected chi connectivity index (χ1v) is 11.1. The standard InChI is InChI=1S/C23H34O7/c1-10-7-15(25)21(27)23(5)13(10)8-16-22(4)14(9-17(26)30-16)11(2)18(28-6)19(20(22)23)29-12(3)24/h10-11,13-16,18-20,25H,7-9H2,1-6H3/t10-,11+,13-,14+,15+,16-,18-,19+,20-,22-,23+/m0/s1. The second kappa shape index (κ2) is 7.02. The van der Waals surface area contributed by atoms with E-state index in [1.165, 1.54) is 6.92 Å². The highest BCUT2D eigenvalue weighted by Gasteiger charge is 2.74. The number of fused-ring (bicyclic) bond motifs is 2. The van der Waals surface area contributed by atoms with Crippen molar-refractivity contribution in [1.29, 1.82) is 0 Å². The number of methoxy groups -OCH3 is 1. The Morgan fingerprint density at radius 3 is 2.40 bits per heavy atom. The number of aliphatic hydroxyl groups is 1. The zero-order valence-electron chi connectivity index (χ0n) is 18.7. The summed E-state index contributed by atoms with van der Waals surface area (Å²) in [6.45, 7) is 9.45. The molecule has 3 aliphatic carbocycles. The van der Waals surface area contributed by atoms with Crippen LogP contribution in [0, 0.1) is 40.4 Å². The van der Waals surface area contributed by atoms with Crippen LogP contribution in [0.3, 0.4) is 0 Å². The molecule has 3 saturated carbocycles. The second-order valence-corrected chi connectivity index (χ2v) is 10.5. The molecule has 4 fully saturated rings. The molecular formula is C23H34O7. The molecule has 0 unspecified atom stereocenters. The normalized spacial score (nSPS) is 52.7. The molecule has 30 heavy (non-hydrogen) atoms. The number of esters is 2. The highest BCUT2D eigenvalue weighted by molar-refractivity contribution is 5.90. The van der Waals surface area contributed by atoms with Crippen LogP contribution in [-0.4, -0.2) is 54.4 Å². The molecule has 0 radical (unpaired) electrons. The Kier molecular flexibility index (Phi) is 5.09. The lowest BCUT2D eigenvalue weighted by atomic mass is 9.37. The molecule has 1 N–H and O–H groups in total. The number of Topliss-reactive ketones (excluding diaryl/α,β-unsaturated/α-hetero) is 1. The van der Waals surface area contributed by atoms with Crippen LogP contribution in [0.25, 0.3) is 0 Å². The molecule has 1 saturated heterocycles. The number of aliphatic hydroxyl groups excluding tert-OH is 1. The summed E-state index contributed by atoms with van der Waals surface area (Å²) in [6, 6.07) is 0. The first-order chi connectivity index (χ1) is 14.0.